The number of carboxylic acid groups (broad SMARTS) is 1. The van der Waals surface area contributed by atoms with Crippen LogP contribution in [0.4, 0.5) is 13.6 Å². The van der Waals surface area contributed by atoms with E-state index in [0.29, 0.717) is 0 Å². The topological polar surface area (TPSA) is 69.6 Å². The van der Waals surface area contributed by atoms with Crippen LogP contribution in [-0.2, 0) is 17.8 Å². The maximum atomic E-state index is 12.1. The van der Waals surface area contributed by atoms with Crippen molar-refractivity contribution in [3.63, 3.8) is 0 Å². The van der Waals surface area contributed by atoms with Crippen molar-refractivity contribution in [1.82, 2.24) is 10.2 Å². The molecule has 1 aliphatic rings. The number of urea groups is 1. The van der Waals surface area contributed by atoms with E-state index in [1.807, 2.05) is 5.32 Å². The molecule has 2 rings (SSSR count). The molecule has 1 aromatic rings. The summed E-state index contributed by atoms with van der Waals surface area (Å²) in [7, 11) is 0. The molecule has 0 aromatic heterocycles. The number of rotatable bonds is 3. The largest absolute Gasteiger partial charge is 0.480 e. The number of amides is 2. The first-order valence-electron chi connectivity index (χ1n) is 6.11. The molecule has 1 heterocycles. The molecule has 7 heteroatoms. The van der Waals surface area contributed by atoms with Crippen LogP contribution in [0.5, 0.6) is 0 Å². The third-order valence-electron chi connectivity index (χ3n) is 3.20. The normalized spacial score (nSPS) is 17.8. The van der Waals surface area contributed by atoms with E-state index in [-0.39, 0.29) is 13.0 Å². The van der Waals surface area contributed by atoms with Crippen LogP contribution in [0.15, 0.2) is 24.3 Å². The van der Waals surface area contributed by atoms with Gasteiger partial charge in [0.05, 0.1) is 6.54 Å². The molecule has 2 amide bonds. The zero-order valence-electron chi connectivity index (χ0n) is 10.6. The first-order valence-corrected chi connectivity index (χ1v) is 6.11. The zero-order chi connectivity index (χ0) is 14.7. The Morgan fingerprint density at radius 1 is 1.35 bits per heavy atom. The van der Waals surface area contributed by atoms with Crippen LogP contribution in [0, 0.1) is 0 Å². The molecule has 108 valence electrons. The van der Waals surface area contributed by atoms with E-state index in [9.17, 15) is 23.5 Å². The Labute approximate surface area is 114 Å². The van der Waals surface area contributed by atoms with Crippen LogP contribution in [0.25, 0.3) is 0 Å². The quantitative estimate of drug-likeness (QED) is 0.883. The minimum Gasteiger partial charge on any atom is -0.480 e. The van der Waals surface area contributed by atoms with Gasteiger partial charge in [0.1, 0.15) is 6.04 Å². The monoisotopic (exact) mass is 284 g/mol. The second-order valence-electron chi connectivity index (χ2n) is 4.53. The van der Waals surface area contributed by atoms with Gasteiger partial charge >= 0.3 is 12.0 Å². The Morgan fingerprint density at radius 2 is 2.00 bits per heavy atom. The van der Waals surface area contributed by atoms with Gasteiger partial charge in [0.25, 0.3) is 6.43 Å². The van der Waals surface area contributed by atoms with Crippen LogP contribution in [0.3, 0.4) is 0 Å². The number of fused-ring (bicyclic) bond motifs is 1. The fraction of sp³-hybridized carbons (Fsp3) is 0.385. The van der Waals surface area contributed by atoms with Gasteiger partial charge in [-0.05, 0) is 11.1 Å². The Bertz CT molecular complexity index is 522. The number of nitrogens with one attached hydrogen (secondary N) is 1. The van der Waals surface area contributed by atoms with Crippen LogP contribution in [0.1, 0.15) is 11.1 Å². The number of hydrogen-bond acceptors (Lipinski definition) is 2. The van der Waals surface area contributed by atoms with Gasteiger partial charge in [0, 0.05) is 13.0 Å². The molecule has 1 atom stereocenters. The summed E-state index contributed by atoms with van der Waals surface area (Å²) < 4.78 is 24.2. The molecular weight excluding hydrogens is 270 g/mol. The number of aliphatic carboxylic acids is 1. The lowest BCUT2D eigenvalue weighted by Gasteiger charge is -2.34. The van der Waals surface area contributed by atoms with Gasteiger partial charge in [-0.1, -0.05) is 24.3 Å². The lowest BCUT2D eigenvalue weighted by atomic mass is 9.94. The molecule has 0 bridgehead atoms. The molecule has 1 aliphatic heterocycles. The molecule has 5 nitrogen and oxygen atoms in total. The lowest BCUT2D eigenvalue weighted by Crippen LogP contribution is -2.52. The third kappa shape index (κ3) is 3.04. The highest BCUT2D eigenvalue weighted by atomic mass is 19.3. The number of halogens is 2. The van der Waals surface area contributed by atoms with Crippen molar-refractivity contribution >= 4 is 12.0 Å². The first kappa shape index (κ1) is 14.2. The molecule has 0 fully saturated rings. The smallest absolute Gasteiger partial charge is 0.326 e. The predicted octanol–water partition coefficient (Wildman–Crippen LogP) is 1.47. The van der Waals surface area contributed by atoms with Crippen LogP contribution in [-0.4, -0.2) is 41.0 Å². The molecule has 0 unspecified atom stereocenters. The predicted molar refractivity (Wildman–Crippen MR) is 66.5 cm³/mol. The van der Waals surface area contributed by atoms with Crippen molar-refractivity contribution in [3.8, 4) is 0 Å². The molecule has 0 aliphatic carbocycles. The second kappa shape index (κ2) is 5.85. The summed E-state index contributed by atoms with van der Waals surface area (Å²) >= 11 is 0. The highest BCUT2D eigenvalue weighted by Crippen LogP contribution is 2.23. The van der Waals surface area contributed by atoms with Gasteiger partial charge in [0.2, 0.25) is 0 Å². The third-order valence-corrected chi connectivity index (χ3v) is 3.20. The number of carboxylic acids is 1. The summed E-state index contributed by atoms with van der Waals surface area (Å²) in [5.74, 6) is -1.15. The minimum absolute atomic E-state index is 0.0994. The Morgan fingerprint density at radius 3 is 2.60 bits per heavy atom. The van der Waals surface area contributed by atoms with E-state index in [0.717, 1.165) is 16.0 Å². The van der Waals surface area contributed by atoms with E-state index in [1.165, 1.54) is 0 Å². The number of carbonyl (C=O) groups excluding carboxylic acids is 1. The van der Waals surface area contributed by atoms with Crippen molar-refractivity contribution in [1.29, 1.82) is 0 Å². The molecule has 0 spiro atoms. The Kier molecular flexibility index (Phi) is 4.16. The summed E-state index contributed by atoms with van der Waals surface area (Å²) in [6, 6.07) is 5.36. The second-order valence-corrected chi connectivity index (χ2v) is 4.53. The molecule has 0 saturated heterocycles. The Balaban J connectivity index is 2.18. The van der Waals surface area contributed by atoms with E-state index in [2.05, 4.69) is 0 Å². The summed E-state index contributed by atoms with van der Waals surface area (Å²) in [6.45, 7) is -0.689. The van der Waals surface area contributed by atoms with E-state index in [1.54, 1.807) is 24.3 Å². The van der Waals surface area contributed by atoms with Gasteiger partial charge in [-0.15, -0.1) is 0 Å². The number of carbonyl (C=O) groups is 2. The summed E-state index contributed by atoms with van der Waals surface area (Å²) in [6.07, 6.45) is -2.49. The van der Waals surface area contributed by atoms with E-state index >= 15 is 0 Å². The lowest BCUT2D eigenvalue weighted by molar-refractivity contribution is -0.142. The summed E-state index contributed by atoms with van der Waals surface area (Å²) in [5, 5.41) is 11.2. The minimum atomic E-state index is -2.67. The van der Waals surface area contributed by atoms with Gasteiger partial charge in [-0.3, -0.25) is 0 Å². The fourth-order valence-electron chi connectivity index (χ4n) is 2.22. The summed E-state index contributed by atoms with van der Waals surface area (Å²) in [4.78, 5) is 24.2. The van der Waals surface area contributed by atoms with Gasteiger partial charge in [-0.2, -0.15) is 0 Å². The zero-order valence-corrected chi connectivity index (χ0v) is 10.6. The maximum Gasteiger partial charge on any atom is 0.326 e. The number of nitrogens with zero attached hydrogens (tertiary/aromatic N) is 1. The highest BCUT2D eigenvalue weighted by molar-refractivity contribution is 5.83. The first-order chi connectivity index (χ1) is 9.49. The average Bonchev–Trinajstić information content (AvgIpc) is 2.43. The van der Waals surface area contributed by atoms with Crippen LogP contribution in [0.2, 0.25) is 0 Å². The number of hydrogen-bond donors (Lipinski definition) is 2. The molecule has 1 aromatic carbocycles. The fourth-order valence-corrected chi connectivity index (χ4v) is 2.22. The molecule has 0 saturated carbocycles. The van der Waals surface area contributed by atoms with Crippen molar-refractivity contribution < 1.29 is 23.5 Å². The van der Waals surface area contributed by atoms with Crippen molar-refractivity contribution in [2.45, 2.75) is 25.4 Å². The van der Waals surface area contributed by atoms with E-state index in [4.69, 9.17) is 0 Å². The highest BCUT2D eigenvalue weighted by Gasteiger charge is 2.34. The molecular formula is C13H14F2N2O3. The maximum absolute atomic E-state index is 12.1. The van der Waals surface area contributed by atoms with Crippen molar-refractivity contribution in [2.75, 3.05) is 6.54 Å². The molecule has 0 radical (unpaired) electrons. The Hall–Kier alpha value is -2.18. The number of alkyl halides is 2. The summed E-state index contributed by atoms with van der Waals surface area (Å²) in [5.41, 5.74) is 1.69. The van der Waals surface area contributed by atoms with Gasteiger partial charge in [0.15, 0.2) is 0 Å². The van der Waals surface area contributed by atoms with Gasteiger partial charge in [-0.25, -0.2) is 18.4 Å². The standard InChI is InChI=1S/C13H14F2N2O3/c14-11(15)6-16-13(20)17-7-9-4-2-1-3-8(9)5-10(17)12(18)19/h1-4,10-11H,5-7H2,(H,16,20)(H,18,19)/t10-/m0/s1. The van der Waals surface area contributed by atoms with Crippen molar-refractivity contribution in [2.24, 2.45) is 0 Å². The number of benzene rings is 1. The van der Waals surface area contributed by atoms with Crippen molar-refractivity contribution in [3.05, 3.63) is 35.4 Å². The SMILES string of the molecule is O=C(O)[C@@H]1Cc2ccccc2CN1C(=O)NCC(F)F. The van der Waals surface area contributed by atoms with E-state index < -0.39 is 31.0 Å². The molecule has 20 heavy (non-hydrogen) atoms. The average molecular weight is 284 g/mol. The van der Waals surface area contributed by atoms with Crippen LogP contribution >= 0.6 is 0 Å². The van der Waals surface area contributed by atoms with Crippen LogP contribution < -0.4 is 5.32 Å². The molecule has 2 N–H and O–H groups in total. The van der Waals surface area contributed by atoms with Gasteiger partial charge < -0.3 is 15.3 Å².